The fraction of sp³-hybridized carbons (Fsp3) is 0.294. The number of para-hydroxylation sites is 2. The van der Waals surface area contributed by atoms with E-state index >= 15 is 0 Å². The van der Waals surface area contributed by atoms with Gasteiger partial charge in [0.1, 0.15) is 16.8 Å². The quantitative estimate of drug-likeness (QED) is 0.733. The lowest BCUT2D eigenvalue weighted by Crippen LogP contribution is -2.26. The smallest absolute Gasteiger partial charge is 0.286 e. The van der Waals surface area contributed by atoms with Gasteiger partial charge in [0.2, 0.25) is 0 Å². The summed E-state index contributed by atoms with van der Waals surface area (Å²) < 4.78 is 3.14. The van der Waals surface area contributed by atoms with Gasteiger partial charge in [0.25, 0.3) is 5.56 Å². The maximum Gasteiger partial charge on any atom is 0.286 e. The number of nitrogens with zero attached hydrogens (tertiary/aromatic N) is 5. The van der Waals surface area contributed by atoms with Gasteiger partial charge in [-0.2, -0.15) is 10.4 Å². The maximum absolute atomic E-state index is 12.4. The number of hydrogen-bond donors (Lipinski definition) is 0. The Labute approximate surface area is 143 Å². The number of benzene rings is 1. The van der Waals surface area contributed by atoms with Crippen molar-refractivity contribution in [2.24, 2.45) is 7.05 Å². The van der Waals surface area contributed by atoms with Crippen LogP contribution >= 0.6 is 11.6 Å². The molecule has 2 heterocycles. The number of nitriles is 1. The molecule has 3 aromatic rings. The Bertz CT molecular complexity index is 1010. The lowest BCUT2D eigenvalue weighted by Gasteiger charge is -2.14. The first-order chi connectivity index (χ1) is 11.5. The molecule has 24 heavy (non-hydrogen) atoms. The van der Waals surface area contributed by atoms with Gasteiger partial charge in [-0.1, -0.05) is 23.7 Å². The first-order valence-electron chi connectivity index (χ1n) is 7.54. The van der Waals surface area contributed by atoms with Crippen LogP contribution in [0.2, 0.25) is 5.02 Å². The predicted octanol–water partition coefficient (Wildman–Crippen LogP) is 3.02. The summed E-state index contributed by atoms with van der Waals surface area (Å²) in [5.74, 6) is -0.235. The van der Waals surface area contributed by atoms with Gasteiger partial charge in [0, 0.05) is 12.6 Å². The average molecular weight is 342 g/mol. The number of hydrogen-bond acceptors (Lipinski definition) is 4. The van der Waals surface area contributed by atoms with Crippen LogP contribution in [0.5, 0.6) is 0 Å². The molecule has 1 aromatic carbocycles. The molecule has 0 bridgehead atoms. The number of halogens is 1. The van der Waals surface area contributed by atoms with E-state index < -0.39 is 11.5 Å². The van der Waals surface area contributed by atoms with Crippen LogP contribution in [-0.2, 0) is 7.05 Å². The first kappa shape index (κ1) is 16.2. The van der Waals surface area contributed by atoms with E-state index in [1.54, 1.807) is 0 Å². The molecule has 0 unspecified atom stereocenters. The normalized spacial score (nSPS) is 12.5. The third kappa shape index (κ3) is 2.47. The molecule has 2 aromatic heterocycles. The summed E-state index contributed by atoms with van der Waals surface area (Å²) in [6.45, 7) is 3.69. The highest BCUT2D eigenvalue weighted by Gasteiger charge is 2.25. The number of fused-ring (bicyclic) bond motifs is 1. The second-order valence-corrected chi connectivity index (χ2v) is 6.22. The number of rotatable bonds is 3. The van der Waals surface area contributed by atoms with Crippen LogP contribution < -0.4 is 5.56 Å². The van der Waals surface area contributed by atoms with E-state index in [1.165, 1.54) is 10.9 Å². The van der Waals surface area contributed by atoms with Gasteiger partial charge in [-0.25, -0.2) is 9.67 Å². The summed E-state index contributed by atoms with van der Waals surface area (Å²) >= 11 is 6.26. The molecule has 0 aliphatic heterocycles. The average Bonchev–Trinajstić information content (AvgIpc) is 2.89. The van der Waals surface area contributed by atoms with Gasteiger partial charge in [0.15, 0.2) is 0 Å². The van der Waals surface area contributed by atoms with Crippen molar-refractivity contribution in [3.05, 3.63) is 57.2 Å². The van der Waals surface area contributed by atoms with Crippen molar-refractivity contribution in [1.82, 2.24) is 19.3 Å². The predicted molar refractivity (Wildman–Crippen MR) is 92.1 cm³/mol. The lowest BCUT2D eigenvalue weighted by molar-refractivity contribution is 0.500. The van der Waals surface area contributed by atoms with Crippen molar-refractivity contribution in [1.29, 1.82) is 5.26 Å². The fourth-order valence-corrected chi connectivity index (χ4v) is 2.96. The molecule has 1 atom stereocenters. The van der Waals surface area contributed by atoms with Gasteiger partial charge in [-0.15, -0.1) is 0 Å². The Morgan fingerprint density at radius 3 is 2.62 bits per heavy atom. The van der Waals surface area contributed by atoms with Crippen LogP contribution in [0, 0.1) is 11.3 Å². The zero-order valence-corrected chi connectivity index (χ0v) is 14.3. The van der Waals surface area contributed by atoms with Gasteiger partial charge >= 0.3 is 0 Å². The fourth-order valence-electron chi connectivity index (χ4n) is 2.72. The van der Waals surface area contributed by atoms with E-state index in [2.05, 4.69) is 16.2 Å². The molecule has 0 saturated carbocycles. The second kappa shape index (κ2) is 6.10. The molecule has 0 aliphatic carbocycles. The van der Waals surface area contributed by atoms with Crippen molar-refractivity contribution in [3.63, 3.8) is 0 Å². The zero-order chi connectivity index (χ0) is 17.4. The summed E-state index contributed by atoms with van der Waals surface area (Å²) in [5.41, 5.74) is 1.67. The SMILES string of the molecule is CC(C)n1ncc([C@H](C#N)c2nc3ccccc3n2C)c(Cl)c1=O. The molecule has 0 amide bonds. The van der Waals surface area contributed by atoms with Crippen LogP contribution in [0.1, 0.15) is 37.2 Å². The summed E-state index contributed by atoms with van der Waals surface area (Å²) in [5, 5.41) is 13.8. The van der Waals surface area contributed by atoms with E-state index in [9.17, 15) is 10.1 Å². The molecule has 0 spiro atoms. The third-order valence-electron chi connectivity index (χ3n) is 3.98. The molecule has 0 aliphatic rings. The Balaban J connectivity index is 2.19. The Morgan fingerprint density at radius 1 is 1.29 bits per heavy atom. The molecular formula is C17H16ClN5O. The van der Waals surface area contributed by atoms with E-state index in [-0.39, 0.29) is 11.1 Å². The van der Waals surface area contributed by atoms with Crippen molar-refractivity contribution in [2.75, 3.05) is 0 Å². The Hall–Kier alpha value is -2.65. The minimum Gasteiger partial charge on any atom is -0.330 e. The largest absolute Gasteiger partial charge is 0.330 e. The minimum atomic E-state index is -0.767. The molecule has 0 saturated heterocycles. The van der Waals surface area contributed by atoms with Crippen molar-refractivity contribution >= 4 is 22.6 Å². The number of aryl methyl sites for hydroxylation is 1. The van der Waals surface area contributed by atoms with E-state index in [0.717, 1.165) is 11.0 Å². The summed E-state index contributed by atoms with van der Waals surface area (Å²) in [6, 6.07) is 9.69. The first-order valence-corrected chi connectivity index (χ1v) is 7.91. The lowest BCUT2D eigenvalue weighted by atomic mass is 10.0. The monoisotopic (exact) mass is 341 g/mol. The highest BCUT2D eigenvalue weighted by molar-refractivity contribution is 6.31. The van der Waals surface area contributed by atoms with Crippen LogP contribution in [0.15, 0.2) is 35.3 Å². The highest BCUT2D eigenvalue weighted by Crippen LogP contribution is 2.29. The molecule has 0 radical (unpaired) electrons. The molecule has 7 heteroatoms. The van der Waals surface area contributed by atoms with E-state index in [0.29, 0.717) is 11.4 Å². The van der Waals surface area contributed by atoms with E-state index in [4.69, 9.17) is 11.6 Å². The molecular weight excluding hydrogens is 326 g/mol. The van der Waals surface area contributed by atoms with Crippen LogP contribution in [0.3, 0.4) is 0 Å². The Kier molecular flexibility index (Phi) is 4.12. The van der Waals surface area contributed by atoms with E-state index in [1.807, 2.05) is 49.7 Å². The van der Waals surface area contributed by atoms with Gasteiger partial charge in [-0.3, -0.25) is 4.79 Å². The molecule has 3 rings (SSSR count). The Morgan fingerprint density at radius 2 is 2.00 bits per heavy atom. The second-order valence-electron chi connectivity index (χ2n) is 5.84. The topological polar surface area (TPSA) is 76.5 Å². The summed E-state index contributed by atoms with van der Waals surface area (Å²) in [6.07, 6.45) is 1.48. The van der Waals surface area contributed by atoms with Gasteiger partial charge in [0.05, 0.1) is 29.3 Å². The van der Waals surface area contributed by atoms with Crippen molar-refractivity contribution in [2.45, 2.75) is 25.8 Å². The highest BCUT2D eigenvalue weighted by atomic mass is 35.5. The summed E-state index contributed by atoms with van der Waals surface area (Å²) in [4.78, 5) is 16.9. The van der Waals surface area contributed by atoms with Crippen LogP contribution in [0.4, 0.5) is 0 Å². The molecule has 122 valence electrons. The summed E-state index contributed by atoms with van der Waals surface area (Å²) in [7, 11) is 1.84. The van der Waals surface area contributed by atoms with Crippen molar-refractivity contribution < 1.29 is 0 Å². The van der Waals surface area contributed by atoms with Crippen LogP contribution in [0.25, 0.3) is 11.0 Å². The minimum absolute atomic E-state index is 0.0114. The third-order valence-corrected chi connectivity index (χ3v) is 4.36. The number of imidazole rings is 1. The van der Waals surface area contributed by atoms with Crippen molar-refractivity contribution in [3.8, 4) is 6.07 Å². The maximum atomic E-state index is 12.4. The molecule has 6 nitrogen and oxygen atoms in total. The molecule has 0 fully saturated rings. The zero-order valence-electron chi connectivity index (χ0n) is 13.6. The molecule has 0 N–H and O–H groups in total. The van der Waals surface area contributed by atoms with Crippen LogP contribution in [-0.4, -0.2) is 19.3 Å². The van der Waals surface area contributed by atoms with Gasteiger partial charge in [-0.05, 0) is 26.0 Å². The van der Waals surface area contributed by atoms with Gasteiger partial charge < -0.3 is 4.57 Å². The number of aromatic nitrogens is 4. The standard InChI is InChI=1S/C17H16ClN5O/c1-10(2)23-17(24)15(18)12(9-20-23)11(8-19)16-21-13-6-4-5-7-14(13)22(16)3/h4-7,9-11H,1-3H3/t11-/m0/s1.